The average molecular weight is 596 g/mol. The van der Waals surface area contributed by atoms with Crippen LogP contribution in [-0.2, 0) is 19.1 Å². The highest BCUT2D eigenvalue weighted by Gasteiger charge is 2.14. The number of nitrogens with one attached hydrogen (secondary N) is 1. The van der Waals surface area contributed by atoms with Gasteiger partial charge in [0.05, 0.1) is 12.7 Å². The van der Waals surface area contributed by atoms with Crippen molar-refractivity contribution in [3.8, 4) is 5.75 Å². The second-order valence-electron chi connectivity index (χ2n) is 8.30. The number of ketones is 2. The van der Waals surface area contributed by atoms with E-state index in [1.54, 1.807) is 48.5 Å². The van der Waals surface area contributed by atoms with E-state index < -0.39 is 18.5 Å². The standard InChI is InChI=1S/C29H26BrNO8/c1-37-24-15-9-20(10-16-24)26(33)18-39-29(36)21-7-13-23(14-8-21)31-27(34)3-2-4-28(35)38-17-25(32)19-5-11-22(30)12-6-19/h5-16H,2-4,17-18H2,1H3,(H,31,34). The number of ether oxygens (including phenoxy) is 3. The van der Waals surface area contributed by atoms with Gasteiger partial charge in [-0.05, 0) is 67.1 Å². The first-order valence-corrected chi connectivity index (χ1v) is 12.7. The number of carbonyl (C=O) groups excluding carboxylic acids is 5. The fourth-order valence-electron chi connectivity index (χ4n) is 3.32. The quantitative estimate of drug-likeness (QED) is 0.215. The van der Waals surface area contributed by atoms with Gasteiger partial charge in [-0.1, -0.05) is 28.1 Å². The van der Waals surface area contributed by atoms with E-state index in [1.165, 1.54) is 31.4 Å². The molecule has 1 N–H and O–H groups in total. The number of Topliss-reactive ketones (excluding diaryl/α,β-unsaturated/α-hetero) is 2. The Hall–Kier alpha value is -4.31. The molecule has 0 aliphatic carbocycles. The number of halogens is 1. The Morgan fingerprint density at radius 3 is 1.82 bits per heavy atom. The van der Waals surface area contributed by atoms with Gasteiger partial charge in [0.15, 0.2) is 24.8 Å². The van der Waals surface area contributed by atoms with E-state index in [0.29, 0.717) is 22.6 Å². The van der Waals surface area contributed by atoms with Crippen molar-refractivity contribution in [2.45, 2.75) is 19.3 Å². The number of benzene rings is 3. The lowest BCUT2D eigenvalue weighted by molar-refractivity contribution is -0.142. The molecule has 0 aliphatic rings. The van der Waals surface area contributed by atoms with Crippen LogP contribution < -0.4 is 10.1 Å². The Morgan fingerprint density at radius 1 is 0.692 bits per heavy atom. The molecule has 10 heteroatoms. The minimum Gasteiger partial charge on any atom is -0.497 e. The molecular formula is C29H26BrNO8. The SMILES string of the molecule is COc1ccc(C(=O)COC(=O)c2ccc(NC(=O)CCCC(=O)OCC(=O)c3ccc(Br)cc3)cc2)cc1. The van der Waals surface area contributed by atoms with Crippen LogP contribution in [0, 0.1) is 0 Å². The van der Waals surface area contributed by atoms with Crippen molar-refractivity contribution in [2.24, 2.45) is 0 Å². The first-order chi connectivity index (χ1) is 18.7. The molecule has 9 nitrogen and oxygen atoms in total. The molecule has 0 atom stereocenters. The number of methoxy groups -OCH3 is 1. The summed E-state index contributed by atoms with van der Waals surface area (Å²) in [6.07, 6.45) is 0.290. The zero-order chi connectivity index (χ0) is 28.2. The van der Waals surface area contributed by atoms with E-state index in [-0.39, 0.29) is 48.9 Å². The van der Waals surface area contributed by atoms with Gasteiger partial charge in [-0.25, -0.2) is 4.79 Å². The summed E-state index contributed by atoms with van der Waals surface area (Å²) < 4.78 is 16.0. The normalized spacial score (nSPS) is 10.3. The largest absolute Gasteiger partial charge is 0.497 e. The summed E-state index contributed by atoms with van der Waals surface area (Å²) in [5, 5.41) is 2.67. The molecule has 3 aromatic rings. The fraction of sp³-hybridized carbons (Fsp3) is 0.207. The van der Waals surface area contributed by atoms with E-state index in [0.717, 1.165) is 4.47 Å². The summed E-state index contributed by atoms with van der Waals surface area (Å²) >= 11 is 3.29. The summed E-state index contributed by atoms with van der Waals surface area (Å²) in [6.45, 7) is -0.776. The molecule has 0 spiro atoms. The van der Waals surface area contributed by atoms with Crippen molar-refractivity contribution < 1.29 is 38.2 Å². The molecule has 202 valence electrons. The van der Waals surface area contributed by atoms with Crippen LogP contribution in [0.3, 0.4) is 0 Å². The monoisotopic (exact) mass is 595 g/mol. The highest BCUT2D eigenvalue weighted by atomic mass is 79.9. The van der Waals surface area contributed by atoms with Gasteiger partial charge in [0.2, 0.25) is 5.91 Å². The van der Waals surface area contributed by atoms with Gasteiger partial charge in [-0.3, -0.25) is 19.2 Å². The van der Waals surface area contributed by atoms with Crippen molar-refractivity contribution >= 4 is 51.0 Å². The highest BCUT2D eigenvalue weighted by Crippen LogP contribution is 2.15. The number of esters is 2. The fourth-order valence-corrected chi connectivity index (χ4v) is 3.58. The predicted octanol–water partition coefficient (Wildman–Crippen LogP) is 5.03. The van der Waals surface area contributed by atoms with Crippen LogP contribution in [0.15, 0.2) is 77.3 Å². The van der Waals surface area contributed by atoms with E-state index in [9.17, 15) is 24.0 Å². The summed E-state index contributed by atoms with van der Waals surface area (Å²) in [4.78, 5) is 60.6. The molecule has 0 heterocycles. The number of hydrogen-bond donors (Lipinski definition) is 1. The van der Waals surface area contributed by atoms with Gasteiger partial charge in [0.25, 0.3) is 0 Å². The van der Waals surface area contributed by atoms with Crippen molar-refractivity contribution in [1.29, 1.82) is 0 Å². The molecule has 1 amide bonds. The average Bonchev–Trinajstić information content (AvgIpc) is 2.95. The minimum atomic E-state index is -0.674. The third kappa shape index (κ3) is 9.50. The first kappa shape index (κ1) is 29.2. The Bertz CT molecular complexity index is 1320. The molecule has 39 heavy (non-hydrogen) atoms. The van der Waals surface area contributed by atoms with Gasteiger partial charge in [0.1, 0.15) is 5.75 Å². The molecule has 3 rings (SSSR count). The summed E-state index contributed by atoms with van der Waals surface area (Å²) in [5.74, 6) is -1.62. The van der Waals surface area contributed by atoms with E-state index in [4.69, 9.17) is 14.2 Å². The number of anilines is 1. The van der Waals surface area contributed by atoms with Gasteiger partial charge in [0, 0.05) is 34.1 Å². The minimum absolute atomic E-state index is 0.0128. The summed E-state index contributed by atoms with van der Waals surface area (Å²) in [5.41, 5.74) is 1.50. The van der Waals surface area contributed by atoms with Gasteiger partial charge in [-0.15, -0.1) is 0 Å². The Labute approximate surface area is 233 Å². The molecular weight excluding hydrogens is 570 g/mol. The van der Waals surface area contributed by atoms with Crippen molar-refractivity contribution in [3.05, 3.63) is 94.0 Å². The number of amides is 1. The van der Waals surface area contributed by atoms with Crippen LogP contribution in [0.5, 0.6) is 5.75 Å². The van der Waals surface area contributed by atoms with Crippen LogP contribution in [0.1, 0.15) is 50.3 Å². The molecule has 3 aromatic carbocycles. The summed E-state index contributed by atoms with van der Waals surface area (Å²) in [7, 11) is 1.52. The zero-order valence-corrected chi connectivity index (χ0v) is 22.7. The lowest BCUT2D eigenvalue weighted by Crippen LogP contribution is -2.16. The van der Waals surface area contributed by atoms with Crippen molar-refractivity contribution in [1.82, 2.24) is 0 Å². The molecule has 0 saturated carbocycles. The lowest BCUT2D eigenvalue weighted by atomic mass is 10.1. The zero-order valence-electron chi connectivity index (χ0n) is 21.1. The topological polar surface area (TPSA) is 125 Å². The van der Waals surface area contributed by atoms with Crippen LogP contribution in [0.2, 0.25) is 0 Å². The van der Waals surface area contributed by atoms with Gasteiger partial charge >= 0.3 is 11.9 Å². The van der Waals surface area contributed by atoms with Crippen LogP contribution >= 0.6 is 15.9 Å². The molecule has 0 aliphatic heterocycles. The Balaban J connectivity index is 1.35. The molecule has 0 bridgehead atoms. The highest BCUT2D eigenvalue weighted by molar-refractivity contribution is 9.10. The molecule has 0 saturated heterocycles. The molecule has 0 aromatic heterocycles. The van der Waals surface area contributed by atoms with E-state index in [1.807, 2.05) is 0 Å². The number of carbonyl (C=O) groups is 5. The number of rotatable bonds is 13. The van der Waals surface area contributed by atoms with E-state index in [2.05, 4.69) is 21.2 Å². The van der Waals surface area contributed by atoms with E-state index >= 15 is 0 Å². The maximum Gasteiger partial charge on any atom is 0.338 e. The van der Waals surface area contributed by atoms with Crippen LogP contribution in [0.4, 0.5) is 5.69 Å². The van der Waals surface area contributed by atoms with Gasteiger partial charge in [-0.2, -0.15) is 0 Å². The van der Waals surface area contributed by atoms with Crippen LogP contribution in [-0.4, -0.2) is 49.7 Å². The third-order valence-corrected chi connectivity index (χ3v) is 5.99. The third-order valence-electron chi connectivity index (χ3n) is 5.47. The van der Waals surface area contributed by atoms with Crippen LogP contribution in [0.25, 0.3) is 0 Å². The predicted molar refractivity (Wildman–Crippen MR) is 146 cm³/mol. The second-order valence-corrected chi connectivity index (χ2v) is 9.21. The lowest BCUT2D eigenvalue weighted by Gasteiger charge is -2.08. The smallest absolute Gasteiger partial charge is 0.338 e. The maximum atomic E-state index is 12.3. The molecule has 0 unspecified atom stereocenters. The summed E-state index contributed by atoms with van der Waals surface area (Å²) in [6, 6.07) is 19.2. The van der Waals surface area contributed by atoms with Crippen molar-refractivity contribution in [3.63, 3.8) is 0 Å². The second kappa shape index (κ2) is 14.6. The Morgan fingerprint density at radius 2 is 1.23 bits per heavy atom. The molecule has 0 radical (unpaired) electrons. The number of hydrogen-bond acceptors (Lipinski definition) is 8. The van der Waals surface area contributed by atoms with Gasteiger partial charge < -0.3 is 19.5 Å². The Kier molecular flexibility index (Phi) is 10.9. The molecule has 0 fully saturated rings. The first-order valence-electron chi connectivity index (χ1n) is 11.9. The maximum absolute atomic E-state index is 12.3. The van der Waals surface area contributed by atoms with Crippen molar-refractivity contribution in [2.75, 3.05) is 25.6 Å².